The van der Waals surface area contributed by atoms with Gasteiger partial charge in [0.05, 0.1) is 10.6 Å². The Bertz CT molecular complexity index is 650. The van der Waals surface area contributed by atoms with Crippen LogP contribution in [0, 0.1) is 6.92 Å². The number of hydrogen-bond donors (Lipinski definition) is 0. The third-order valence-electron chi connectivity index (χ3n) is 2.51. The Morgan fingerprint density at radius 2 is 1.84 bits per heavy atom. The largest absolute Gasteiger partial charge is 0.493 e. The second-order valence-electron chi connectivity index (χ2n) is 3.95. The number of rotatable bonds is 6. The van der Waals surface area contributed by atoms with Gasteiger partial charge < -0.3 is 4.74 Å². The number of aryl methyl sites for hydroxylation is 1. The van der Waals surface area contributed by atoms with E-state index < -0.39 is 18.9 Å². The second-order valence-corrected chi connectivity index (χ2v) is 8.96. The molecule has 0 aliphatic carbocycles. The molecule has 0 amide bonds. The van der Waals surface area contributed by atoms with Gasteiger partial charge in [-0.1, -0.05) is 6.92 Å². The Hall–Kier alpha value is -0.790. The van der Waals surface area contributed by atoms with Crippen molar-refractivity contribution in [1.29, 1.82) is 0 Å². The summed E-state index contributed by atoms with van der Waals surface area (Å²) in [5.74, 6) is 0.407. The molecule has 0 unspecified atom stereocenters. The topological polar surface area (TPSA) is 77.5 Å². The van der Waals surface area contributed by atoms with Crippen molar-refractivity contribution in [1.82, 2.24) is 0 Å². The van der Waals surface area contributed by atoms with Crippen LogP contribution in [-0.4, -0.2) is 34.9 Å². The van der Waals surface area contributed by atoms with Crippen LogP contribution in [0.25, 0.3) is 0 Å². The molecule has 1 aromatic rings. The molecule has 0 spiro atoms. The normalized spacial score (nSPS) is 12.4. The van der Waals surface area contributed by atoms with E-state index in [0.717, 1.165) is 0 Å². The molecule has 0 heterocycles. The maximum atomic E-state index is 11.3. The monoisotopic (exact) mass is 326 g/mol. The van der Waals surface area contributed by atoms with E-state index >= 15 is 0 Å². The molecule has 0 N–H and O–H groups in total. The molecule has 0 aromatic heterocycles. The van der Waals surface area contributed by atoms with Crippen LogP contribution >= 0.6 is 10.7 Å². The van der Waals surface area contributed by atoms with E-state index in [9.17, 15) is 16.8 Å². The molecule has 0 fully saturated rings. The van der Waals surface area contributed by atoms with Gasteiger partial charge in [0.25, 0.3) is 9.05 Å². The van der Waals surface area contributed by atoms with E-state index in [1.54, 1.807) is 13.8 Å². The molecular formula is C11H15ClO5S2. The lowest BCUT2D eigenvalue weighted by Crippen LogP contribution is -2.15. The summed E-state index contributed by atoms with van der Waals surface area (Å²) in [6.45, 7) is 3.19. The molecule has 0 radical (unpaired) electrons. The maximum absolute atomic E-state index is 11.3. The molecule has 0 saturated carbocycles. The van der Waals surface area contributed by atoms with Gasteiger partial charge in [-0.15, -0.1) is 0 Å². The Labute approximate surface area is 117 Å². The van der Waals surface area contributed by atoms with Crippen LogP contribution in [0.1, 0.15) is 12.5 Å². The molecule has 0 aliphatic heterocycles. The molecule has 1 rings (SSSR count). The first-order valence-corrected chi connectivity index (χ1v) is 9.67. The van der Waals surface area contributed by atoms with Crippen LogP contribution in [0.5, 0.6) is 5.75 Å². The predicted molar refractivity (Wildman–Crippen MR) is 74.0 cm³/mol. The fourth-order valence-electron chi connectivity index (χ4n) is 1.42. The van der Waals surface area contributed by atoms with Gasteiger partial charge in [-0.3, -0.25) is 0 Å². The standard InChI is InChI=1S/C11H15ClO5S2/c1-3-18(13,14)7-6-17-10-4-5-11(9(2)8-10)19(12,15)16/h4-5,8H,3,6-7H2,1-2H3. The highest BCUT2D eigenvalue weighted by atomic mass is 35.7. The van der Waals surface area contributed by atoms with Gasteiger partial charge in [0.1, 0.15) is 12.4 Å². The lowest BCUT2D eigenvalue weighted by atomic mass is 10.2. The van der Waals surface area contributed by atoms with Crippen molar-refractivity contribution in [2.45, 2.75) is 18.7 Å². The molecular weight excluding hydrogens is 312 g/mol. The first kappa shape index (κ1) is 16.3. The predicted octanol–water partition coefficient (Wildman–Crippen LogP) is 1.74. The minimum Gasteiger partial charge on any atom is -0.493 e. The van der Waals surface area contributed by atoms with Gasteiger partial charge in [0.15, 0.2) is 9.84 Å². The van der Waals surface area contributed by atoms with E-state index in [-0.39, 0.29) is 23.0 Å². The first-order valence-electron chi connectivity index (χ1n) is 5.54. The van der Waals surface area contributed by atoms with Crippen LogP contribution in [0.2, 0.25) is 0 Å². The van der Waals surface area contributed by atoms with Crippen molar-refractivity contribution in [3.05, 3.63) is 23.8 Å². The van der Waals surface area contributed by atoms with Gasteiger partial charge in [0, 0.05) is 16.4 Å². The fourth-order valence-corrected chi connectivity index (χ4v) is 3.24. The maximum Gasteiger partial charge on any atom is 0.261 e. The summed E-state index contributed by atoms with van der Waals surface area (Å²) in [5, 5.41) is 0. The zero-order valence-corrected chi connectivity index (χ0v) is 13.0. The summed E-state index contributed by atoms with van der Waals surface area (Å²) in [4.78, 5) is 0.0164. The van der Waals surface area contributed by atoms with Gasteiger partial charge in [-0.25, -0.2) is 16.8 Å². The number of halogens is 1. The highest BCUT2D eigenvalue weighted by Crippen LogP contribution is 2.23. The summed E-state index contributed by atoms with van der Waals surface area (Å²) < 4.78 is 50.2. The zero-order chi connectivity index (χ0) is 14.7. The molecule has 108 valence electrons. The van der Waals surface area contributed by atoms with E-state index in [1.165, 1.54) is 18.2 Å². The molecule has 1 aromatic carbocycles. The Morgan fingerprint density at radius 3 is 2.32 bits per heavy atom. The molecule has 19 heavy (non-hydrogen) atoms. The van der Waals surface area contributed by atoms with Crippen molar-refractivity contribution in [2.24, 2.45) is 0 Å². The third kappa shape index (κ3) is 5.00. The summed E-state index contributed by atoms with van der Waals surface area (Å²) >= 11 is 0. The van der Waals surface area contributed by atoms with Crippen molar-refractivity contribution in [2.75, 3.05) is 18.1 Å². The van der Waals surface area contributed by atoms with Crippen molar-refractivity contribution in [3.8, 4) is 5.75 Å². The molecule has 0 bridgehead atoms. The van der Waals surface area contributed by atoms with E-state index in [0.29, 0.717) is 11.3 Å². The molecule has 0 atom stereocenters. The number of sulfone groups is 1. The van der Waals surface area contributed by atoms with Crippen LogP contribution in [0.3, 0.4) is 0 Å². The third-order valence-corrected chi connectivity index (χ3v) is 5.66. The fraction of sp³-hybridized carbons (Fsp3) is 0.455. The molecule has 0 saturated heterocycles. The smallest absolute Gasteiger partial charge is 0.261 e. The van der Waals surface area contributed by atoms with Gasteiger partial charge in [-0.05, 0) is 30.7 Å². The first-order chi connectivity index (χ1) is 8.65. The number of benzene rings is 1. The Balaban J connectivity index is 2.76. The van der Waals surface area contributed by atoms with Crippen molar-refractivity contribution < 1.29 is 21.6 Å². The molecule has 5 nitrogen and oxygen atoms in total. The van der Waals surface area contributed by atoms with Crippen LogP contribution < -0.4 is 4.74 Å². The van der Waals surface area contributed by atoms with Crippen molar-refractivity contribution in [3.63, 3.8) is 0 Å². The molecule has 0 aliphatic rings. The summed E-state index contributed by atoms with van der Waals surface area (Å²) in [6.07, 6.45) is 0. The van der Waals surface area contributed by atoms with Crippen molar-refractivity contribution >= 4 is 29.6 Å². The van der Waals surface area contributed by atoms with Gasteiger partial charge in [-0.2, -0.15) is 0 Å². The Kier molecular flexibility index (Phi) is 5.23. The minimum absolute atomic E-state index is 0.0164. The second kappa shape index (κ2) is 6.11. The highest BCUT2D eigenvalue weighted by molar-refractivity contribution is 8.13. The van der Waals surface area contributed by atoms with E-state index in [4.69, 9.17) is 15.4 Å². The van der Waals surface area contributed by atoms with Crippen LogP contribution in [-0.2, 0) is 18.9 Å². The van der Waals surface area contributed by atoms with Gasteiger partial charge in [0.2, 0.25) is 0 Å². The quantitative estimate of drug-likeness (QED) is 0.744. The lowest BCUT2D eigenvalue weighted by Gasteiger charge is -2.08. The zero-order valence-electron chi connectivity index (χ0n) is 10.6. The minimum atomic E-state index is -3.78. The summed E-state index contributed by atoms with van der Waals surface area (Å²) in [6, 6.07) is 4.29. The average molecular weight is 327 g/mol. The Morgan fingerprint density at radius 1 is 1.21 bits per heavy atom. The number of ether oxygens (including phenoxy) is 1. The van der Waals surface area contributed by atoms with Crippen LogP contribution in [0.4, 0.5) is 0 Å². The van der Waals surface area contributed by atoms with E-state index in [1.807, 2.05) is 0 Å². The van der Waals surface area contributed by atoms with Gasteiger partial charge >= 0.3 is 0 Å². The summed E-state index contributed by atoms with van der Waals surface area (Å²) in [7, 11) is -1.60. The summed E-state index contributed by atoms with van der Waals surface area (Å²) in [5.41, 5.74) is 0.450. The highest BCUT2D eigenvalue weighted by Gasteiger charge is 2.14. The average Bonchev–Trinajstić information content (AvgIpc) is 2.27. The van der Waals surface area contributed by atoms with E-state index in [2.05, 4.69) is 0 Å². The SMILES string of the molecule is CCS(=O)(=O)CCOc1ccc(S(=O)(=O)Cl)c(C)c1. The molecule has 8 heteroatoms. The lowest BCUT2D eigenvalue weighted by molar-refractivity contribution is 0.340. The number of hydrogen-bond acceptors (Lipinski definition) is 5. The van der Waals surface area contributed by atoms with Crippen LogP contribution in [0.15, 0.2) is 23.1 Å².